The molecule has 1 heterocycles. The molecule has 2 aromatic rings. The largest absolute Gasteiger partial charge is 0.480 e. The standard InChI is InChI=1S/C21H22F2N2O4/c1-3-18-21(27)25(10-13-6-15(22)9-16(23)7-13)11-14-8-17(4-5-19(14)29-18)24-20(26)12-28-2/h4-9,18H,3,10-12H2,1-2H3,(H,24,26)/t18-/m0/s1. The summed E-state index contributed by atoms with van der Waals surface area (Å²) in [5.74, 6) is -1.44. The Morgan fingerprint density at radius 3 is 2.62 bits per heavy atom. The van der Waals surface area contributed by atoms with Crippen LogP contribution >= 0.6 is 0 Å². The van der Waals surface area contributed by atoms with E-state index in [4.69, 9.17) is 9.47 Å². The average Bonchev–Trinajstić information content (AvgIpc) is 2.78. The Hall–Kier alpha value is -3.00. The number of hydrogen-bond acceptors (Lipinski definition) is 4. The first-order chi connectivity index (χ1) is 13.9. The summed E-state index contributed by atoms with van der Waals surface area (Å²) < 4.78 is 37.8. The molecule has 0 aliphatic carbocycles. The highest BCUT2D eigenvalue weighted by molar-refractivity contribution is 5.92. The lowest BCUT2D eigenvalue weighted by Gasteiger charge is -2.23. The first-order valence-corrected chi connectivity index (χ1v) is 9.21. The zero-order valence-electron chi connectivity index (χ0n) is 16.2. The summed E-state index contributed by atoms with van der Waals surface area (Å²) in [5.41, 5.74) is 1.56. The van der Waals surface area contributed by atoms with Gasteiger partial charge >= 0.3 is 0 Å². The van der Waals surface area contributed by atoms with E-state index >= 15 is 0 Å². The van der Waals surface area contributed by atoms with Gasteiger partial charge in [0.15, 0.2) is 6.10 Å². The lowest BCUT2D eigenvalue weighted by atomic mass is 10.1. The fraction of sp³-hybridized carbons (Fsp3) is 0.333. The Balaban J connectivity index is 1.89. The summed E-state index contributed by atoms with van der Waals surface area (Å²) in [5, 5.41) is 2.71. The average molecular weight is 404 g/mol. The Kier molecular flexibility index (Phi) is 6.43. The van der Waals surface area contributed by atoms with Gasteiger partial charge in [0.05, 0.1) is 0 Å². The minimum absolute atomic E-state index is 0.0348. The third kappa shape index (κ3) is 5.08. The van der Waals surface area contributed by atoms with Crippen molar-refractivity contribution in [3.8, 4) is 5.75 Å². The second kappa shape index (κ2) is 9.00. The number of hydrogen-bond donors (Lipinski definition) is 1. The van der Waals surface area contributed by atoms with Gasteiger partial charge in [-0.2, -0.15) is 0 Å². The van der Waals surface area contributed by atoms with Crippen molar-refractivity contribution in [2.75, 3.05) is 19.0 Å². The van der Waals surface area contributed by atoms with Crippen molar-refractivity contribution in [3.63, 3.8) is 0 Å². The van der Waals surface area contributed by atoms with Gasteiger partial charge in [0.1, 0.15) is 24.0 Å². The van der Waals surface area contributed by atoms with Crippen molar-refractivity contribution in [2.45, 2.75) is 32.5 Å². The van der Waals surface area contributed by atoms with Crippen LogP contribution in [-0.4, -0.2) is 36.5 Å². The van der Waals surface area contributed by atoms with Crippen molar-refractivity contribution in [2.24, 2.45) is 0 Å². The predicted molar refractivity (Wildman–Crippen MR) is 102 cm³/mol. The van der Waals surface area contributed by atoms with Crippen molar-refractivity contribution < 1.29 is 27.8 Å². The summed E-state index contributed by atoms with van der Waals surface area (Å²) in [7, 11) is 1.42. The number of methoxy groups -OCH3 is 1. The van der Waals surface area contributed by atoms with Gasteiger partial charge in [0.2, 0.25) is 5.91 Å². The molecule has 0 unspecified atom stereocenters. The molecule has 154 valence electrons. The normalized spacial score (nSPS) is 16.1. The van der Waals surface area contributed by atoms with Crippen molar-refractivity contribution >= 4 is 17.5 Å². The van der Waals surface area contributed by atoms with E-state index in [1.807, 2.05) is 6.92 Å². The number of benzene rings is 2. The molecule has 1 N–H and O–H groups in total. The number of anilines is 1. The number of rotatable bonds is 6. The van der Waals surface area contributed by atoms with Gasteiger partial charge in [0.25, 0.3) is 5.91 Å². The molecular formula is C21H22F2N2O4. The van der Waals surface area contributed by atoms with E-state index in [2.05, 4.69) is 5.32 Å². The van der Waals surface area contributed by atoms with Gasteiger partial charge in [-0.15, -0.1) is 0 Å². The van der Waals surface area contributed by atoms with E-state index in [0.29, 0.717) is 29.0 Å². The van der Waals surface area contributed by atoms with Gasteiger partial charge < -0.3 is 19.7 Å². The number of amides is 2. The fourth-order valence-electron chi connectivity index (χ4n) is 3.23. The molecule has 2 aromatic carbocycles. The summed E-state index contributed by atoms with van der Waals surface area (Å²) in [6.07, 6.45) is -0.262. The third-order valence-electron chi connectivity index (χ3n) is 4.50. The first-order valence-electron chi connectivity index (χ1n) is 9.21. The summed E-state index contributed by atoms with van der Waals surface area (Å²) >= 11 is 0. The third-order valence-corrected chi connectivity index (χ3v) is 4.50. The Bertz CT molecular complexity index is 899. The van der Waals surface area contributed by atoms with Crippen LogP contribution in [0.5, 0.6) is 5.75 Å². The van der Waals surface area contributed by atoms with Crippen LogP contribution in [0.15, 0.2) is 36.4 Å². The fourth-order valence-corrected chi connectivity index (χ4v) is 3.23. The van der Waals surface area contributed by atoms with E-state index in [1.165, 1.54) is 24.1 Å². The molecule has 0 aromatic heterocycles. The van der Waals surface area contributed by atoms with E-state index < -0.39 is 17.7 Å². The molecule has 0 radical (unpaired) electrons. The van der Waals surface area contributed by atoms with Crippen LogP contribution < -0.4 is 10.1 Å². The lowest BCUT2D eigenvalue weighted by Crippen LogP contribution is -2.38. The zero-order chi connectivity index (χ0) is 21.0. The summed E-state index contributed by atoms with van der Waals surface area (Å²) in [6, 6.07) is 8.28. The van der Waals surface area contributed by atoms with Crippen molar-refractivity contribution in [3.05, 3.63) is 59.2 Å². The molecular weight excluding hydrogens is 382 g/mol. The van der Waals surface area contributed by atoms with E-state index in [-0.39, 0.29) is 31.5 Å². The monoisotopic (exact) mass is 404 g/mol. The smallest absolute Gasteiger partial charge is 0.264 e. The number of carbonyl (C=O) groups is 2. The van der Waals surface area contributed by atoms with Crippen molar-refractivity contribution in [1.29, 1.82) is 0 Å². The van der Waals surface area contributed by atoms with Crippen LogP contribution in [0, 0.1) is 11.6 Å². The zero-order valence-corrected chi connectivity index (χ0v) is 16.2. The predicted octanol–water partition coefficient (Wildman–Crippen LogP) is 3.25. The van der Waals surface area contributed by atoms with Crippen LogP contribution in [0.2, 0.25) is 0 Å². The molecule has 8 heteroatoms. The molecule has 3 rings (SSSR count). The molecule has 6 nitrogen and oxygen atoms in total. The number of halogens is 2. The molecule has 0 bridgehead atoms. The molecule has 29 heavy (non-hydrogen) atoms. The SMILES string of the molecule is CC[C@@H]1Oc2ccc(NC(=O)COC)cc2CN(Cc2cc(F)cc(F)c2)C1=O. The quantitative estimate of drug-likeness (QED) is 0.803. The van der Waals surface area contributed by atoms with E-state index in [9.17, 15) is 18.4 Å². The van der Waals surface area contributed by atoms with Gasteiger partial charge in [-0.3, -0.25) is 9.59 Å². The molecule has 0 saturated carbocycles. The van der Waals surface area contributed by atoms with E-state index in [1.54, 1.807) is 18.2 Å². The van der Waals surface area contributed by atoms with Gasteiger partial charge in [0, 0.05) is 37.5 Å². The summed E-state index contributed by atoms with van der Waals surface area (Å²) in [4.78, 5) is 26.2. The van der Waals surface area contributed by atoms with Crippen LogP contribution in [0.4, 0.5) is 14.5 Å². The molecule has 0 fully saturated rings. The lowest BCUT2D eigenvalue weighted by molar-refractivity contribution is -0.139. The Morgan fingerprint density at radius 1 is 1.24 bits per heavy atom. The minimum Gasteiger partial charge on any atom is -0.480 e. The van der Waals surface area contributed by atoms with Crippen molar-refractivity contribution in [1.82, 2.24) is 4.90 Å². The van der Waals surface area contributed by atoms with Crippen LogP contribution in [0.1, 0.15) is 24.5 Å². The molecule has 1 aliphatic rings. The van der Waals surface area contributed by atoms with Crippen LogP contribution in [-0.2, 0) is 27.4 Å². The highest BCUT2D eigenvalue weighted by Gasteiger charge is 2.30. The number of nitrogens with one attached hydrogen (secondary N) is 1. The second-order valence-electron chi connectivity index (χ2n) is 6.79. The number of carbonyl (C=O) groups excluding carboxylic acids is 2. The van der Waals surface area contributed by atoms with Crippen LogP contribution in [0.25, 0.3) is 0 Å². The maximum atomic E-state index is 13.6. The first kappa shape index (κ1) is 20.7. The Morgan fingerprint density at radius 2 is 1.97 bits per heavy atom. The molecule has 0 spiro atoms. The molecule has 0 saturated heterocycles. The number of nitrogens with zero attached hydrogens (tertiary/aromatic N) is 1. The Labute approximate surface area is 167 Å². The minimum atomic E-state index is -0.705. The molecule has 2 amide bonds. The second-order valence-corrected chi connectivity index (χ2v) is 6.79. The van der Waals surface area contributed by atoms with E-state index in [0.717, 1.165) is 6.07 Å². The van der Waals surface area contributed by atoms with Gasteiger partial charge in [-0.1, -0.05) is 6.92 Å². The number of ether oxygens (including phenoxy) is 2. The maximum Gasteiger partial charge on any atom is 0.264 e. The number of fused-ring (bicyclic) bond motifs is 1. The molecule has 1 aliphatic heterocycles. The highest BCUT2D eigenvalue weighted by Crippen LogP contribution is 2.30. The van der Waals surface area contributed by atoms with Gasteiger partial charge in [-0.05, 0) is 42.3 Å². The summed E-state index contributed by atoms with van der Waals surface area (Å²) in [6.45, 7) is 1.96. The van der Waals surface area contributed by atoms with Crippen LogP contribution in [0.3, 0.4) is 0 Å². The maximum absolute atomic E-state index is 13.6. The van der Waals surface area contributed by atoms with Gasteiger partial charge in [-0.25, -0.2) is 8.78 Å². The highest BCUT2D eigenvalue weighted by atomic mass is 19.1. The topological polar surface area (TPSA) is 67.9 Å². The molecule has 1 atom stereocenters.